The molecule has 1 amide bonds. The monoisotopic (exact) mass is 141 g/mol. The van der Waals surface area contributed by atoms with Gasteiger partial charge in [0.1, 0.15) is 0 Å². The van der Waals surface area contributed by atoms with Crippen molar-refractivity contribution >= 4 is 5.91 Å². The maximum atomic E-state index is 11.1. The Morgan fingerprint density at radius 1 is 1.60 bits per heavy atom. The molecule has 1 aliphatic rings. The topological polar surface area (TPSA) is 29.1 Å². The molecule has 2 nitrogen and oxygen atoms in total. The number of carbonyl (C=O) groups excluding carboxylic acids is 1. The molecule has 1 aliphatic carbocycles. The Morgan fingerprint density at radius 3 is 2.60 bits per heavy atom. The molecule has 1 saturated carbocycles. The van der Waals surface area contributed by atoms with E-state index >= 15 is 0 Å². The van der Waals surface area contributed by atoms with Crippen molar-refractivity contribution in [2.24, 2.45) is 11.8 Å². The Balaban J connectivity index is 2.35. The van der Waals surface area contributed by atoms with Crippen LogP contribution >= 0.6 is 0 Å². The zero-order valence-electron chi connectivity index (χ0n) is 6.68. The Hall–Kier alpha value is -0.530. The zero-order chi connectivity index (χ0) is 7.56. The summed E-state index contributed by atoms with van der Waals surface area (Å²) >= 11 is 0. The van der Waals surface area contributed by atoms with Gasteiger partial charge in [-0.1, -0.05) is 13.3 Å². The predicted molar refractivity (Wildman–Crippen MR) is 40.6 cm³/mol. The molecule has 0 aromatic heterocycles. The van der Waals surface area contributed by atoms with Crippen LogP contribution in [0.1, 0.15) is 26.2 Å². The van der Waals surface area contributed by atoms with Gasteiger partial charge in [-0.05, 0) is 18.8 Å². The molecule has 0 radical (unpaired) electrons. The van der Waals surface area contributed by atoms with E-state index in [1.807, 2.05) is 0 Å². The van der Waals surface area contributed by atoms with E-state index < -0.39 is 0 Å². The van der Waals surface area contributed by atoms with Crippen molar-refractivity contribution in [3.8, 4) is 0 Å². The van der Waals surface area contributed by atoms with Crippen LogP contribution in [0.3, 0.4) is 0 Å². The SMILES string of the molecule is CC[C@@H]1CC[C@@H]1C(=O)NC. The molecule has 0 bridgehead atoms. The number of hydrogen-bond acceptors (Lipinski definition) is 1. The Labute approximate surface area is 62.0 Å². The first-order valence-corrected chi connectivity index (χ1v) is 4.01. The van der Waals surface area contributed by atoms with Gasteiger partial charge in [-0.25, -0.2) is 0 Å². The van der Waals surface area contributed by atoms with E-state index in [9.17, 15) is 4.79 Å². The molecule has 0 aliphatic heterocycles. The minimum atomic E-state index is 0.234. The summed E-state index contributed by atoms with van der Waals surface area (Å²) in [4.78, 5) is 11.1. The van der Waals surface area contributed by atoms with Crippen LogP contribution in [0.5, 0.6) is 0 Å². The van der Waals surface area contributed by atoms with E-state index in [-0.39, 0.29) is 5.91 Å². The molecule has 1 N–H and O–H groups in total. The van der Waals surface area contributed by atoms with Gasteiger partial charge in [0.25, 0.3) is 0 Å². The summed E-state index contributed by atoms with van der Waals surface area (Å²) in [6, 6.07) is 0. The molecule has 0 aromatic rings. The highest BCUT2D eigenvalue weighted by Crippen LogP contribution is 2.36. The lowest BCUT2D eigenvalue weighted by molar-refractivity contribution is -0.129. The average molecular weight is 141 g/mol. The molecule has 2 heteroatoms. The molecule has 1 fully saturated rings. The fourth-order valence-electron chi connectivity index (χ4n) is 1.59. The summed E-state index contributed by atoms with van der Waals surface area (Å²) in [5, 5.41) is 2.69. The van der Waals surface area contributed by atoms with E-state index in [0.717, 1.165) is 12.8 Å². The maximum Gasteiger partial charge on any atom is 0.223 e. The quantitative estimate of drug-likeness (QED) is 0.614. The molecule has 10 heavy (non-hydrogen) atoms. The third kappa shape index (κ3) is 1.15. The van der Waals surface area contributed by atoms with Crippen molar-refractivity contribution in [2.45, 2.75) is 26.2 Å². The molecule has 0 saturated heterocycles. The summed E-state index contributed by atoms with van der Waals surface area (Å²) in [5.74, 6) is 1.23. The molecular formula is C8H15NO. The summed E-state index contributed by atoms with van der Waals surface area (Å²) < 4.78 is 0. The smallest absolute Gasteiger partial charge is 0.223 e. The third-order valence-electron chi connectivity index (χ3n) is 2.53. The second kappa shape index (κ2) is 3.04. The predicted octanol–water partition coefficient (Wildman–Crippen LogP) is 1.17. The lowest BCUT2D eigenvalue weighted by atomic mass is 9.72. The lowest BCUT2D eigenvalue weighted by Crippen LogP contribution is -2.38. The van der Waals surface area contributed by atoms with E-state index in [2.05, 4.69) is 12.2 Å². The number of carbonyl (C=O) groups is 1. The van der Waals surface area contributed by atoms with Gasteiger partial charge in [0.05, 0.1) is 0 Å². The molecule has 0 unspecified atom stereocenters. The van der Waals surface area contributed by atoms with Gasteiger partial charge >= 0.3 is 0 Å². The van der Waals surface area contributed by atoms with Crippen LogP contribution < -0.4 is 5.32 Å². The highest BCUT2D eigenvalue weighted by Gasteiger charge is 2.34. The summed E-state index contributed by atoms with van der Waals surface area (Å²) in [7, 11) is 1.72. The molecule has 1 rings (SSSR count). The largest absolute Gasteiger partial charge is 0.359 e. The average Bonchev–Trinajstić information content (AvgIpc) is 1.86. The summed E-state index contributed by atoms with van der Waals surface area (Å²) in [6.45, 7) is 2.15. The lowest BCUT2D eigenvalue weighted by Gasteiger charge is -2.34. The molecule has 0 aromatic carbocycles. The number of hydrogen-bond donors (Lipinski definition) is 1. The van der Waals surface area contributed by atoms with Gasteiger partial charge in [0.15, 0.2) is 0 Å². The molecule has 0 spiro atoms. The maximum absolute atomic E-state index is 11.1. The number of rotatable bonds is 2. The Morgan fingerprint density at radius 2 is 2.30 bits per heavy atom. The number of nitrogens with one attached hydrogen (secondary N) is 1. The van der Waals surface area contributed by atoms with Crippen molar-refractivity contribution in [3.63, 3.8) is 0 Å². The van der Waals surface area contributed by atoms with Crippen molar-refractivity contribution < 1.29 is 4.79 Å². The molecular weight excluding hydrogens is 126 g/mol. The second-order valence-corrected chi connectivity index (χ2v) is 2.97. The highest BCUT2D eigenvalue weighted by molar-refractivity contribution is 5.79. The van der Waals surface area contributed by atoms with Crippen LogP contribution in [-0.4, -0.2) is 13.0 Å². The Bertz CT molecular complexity index is 131. The van der Waals surface area contributed by atoms with E-state index in [1.54, 1.807) is 7.05 Å². The van der Waals surface area contributed by atoms with Crippen molar-refractivity contribution in [3.05, 3.63) is 0 Å². The van der Waals surface area contributed by atoms with Crippen molar-refractivity contribution in [2.75, 3.05) is 7.05 Å². The van der Waals surface area contributed by atoms with E-state index in [4.69, 9.17) is 0 Å². The first-order chi connectivity index (χ1) is 4.79. The van der Waals surface area contributed by atoms with Crippen LogP contribution in [0.4, 0.5) is 0 Å². The summed E-state index contributed by atoms with van der Waals surface area (Å²) in [5.41, 5.74) is 0. The first-order valence-electron chi connectivity index (χ1n) is 4.01. The highest BCUT2D eigenvalue weighted by atomic mass is 16.1. The van der Waals surface area contributed by atoms with Crippen LogP contribution in [0.2, 0.25) is 0 Å². The van der Waals surface area contributed by atoms with Crippen LogP contribution in [0, 0.1) is 11.8 Å². The minimum absolute atomic E-state index is 0.234. The number of amides is 1. The van der Waals surface area contributed by atoms with Crippen molar-refractivity contribution in [1.82, 2.24) is 5.32 Å². The fourth-order valence-corrected chi connectivity index (χ4v) is 1.59. The van der Waals surface area contributed by atoms with E-state index in [1.165, 1.54) is 6.42 Å². The van der Waals surface area contributed by atoms with Gasteiger partial charge in [0.2, 0.25) is 5.91 Å². The zero-order valence-corrected chi connectivity index (χ0v) is 6.68. The fraction of sp³-hybridized carbons (Fsp3) is 0.875. The van der Waals surface area contributed by atoms with E-state index in [0.29, 0.717) is 11.8 Å². The van der Waals surface area contributed by atoms with Crippen LogP contribution in [0.25, 0.3) is 0 Å². The van der Waals surface area contributed by atoms with Gasteiger partial charge in [-0.2, -0.15) is 0 Å². The van der Waals surface area contributed by atoms with Crippen LogP contribution in [-0.2, 0) is 4.79 Å². The molecule has 58 valence electrons. The van der Waals surface area contributed by atoms with Gasteiger partial charge in [-0.15, -0.1) is 0 Å². The second-order valence-electron chi connectivity index (χ2n) is 2.97. The minimum Gasteiger partial charge on any atom is -0.359 e. The summed E-state index contributed by atoms with van der Waals surface area (Å²) in [6.07, 6.45) is 3.49. The van der Waals surface area contributed by atoms with Gasteiger partial charge in [-0.3, -0.25) is 4.79 Å². The van der Waals surface area contributed by atoms with Crippen molar-refractivity contribution in [1.29, 1.82) is 0 Å². The molecule has 0 heterocycles. The standard InChI is InChI=1S/C8H15NO/c1-3-6-4-5-7(6)8(10)9-2/h6-7H,3-5H2,1-2H3,(H,9,10)/t6-,7+/m1/s1. The van der Waals surface area contributed by atoms with Crippen LogP contribution in [0.15, 0.2) is 0 Å². The van der Waals surface area contributed by atoms with Gasteiger partial charge < -0.3 is 5.32 Å². The Kier molecular flexibility index (Phi) is 2.30. The van der Waals surface area contributed by atoms with Gasteiger partial charge in [0, 0.05) is 13.0 Å². The normalized spacial score (nSPS) is 31.0. The third-order valence-corrected chi connectivity index (χ3v) is 2.53. The first kappa shape index (κ1) is 7.58. The molecule has 2 atom stereocenters.